The Kier molecular flexibility index (Phi) is 4.47. The second-order valence-corrected chi connectivity index (χ2v) is 4.78. The summed E-state index contributed by atoms with van der Waals surface area (Å²) in [5.74, 6) is -2.37. The number of ether oxygens (including phenoxy) is 1. The van der Waals surface area contributed by atoms with Crippen LogP contribution in [0.4, 0.5) is 8.78 Å². The fourth-order valence-electron chi connectivity index (χ4n) is 2.44. The third-order valence-electron chi connectivity index (χ3n) is 3.47. The van der Waals surface area contributed by atoms with Gasteiger partial charge in [0.05, 0.1) is 7.11 Å². The van der Waals surface area contributed by atoms with Gasteiger partial charge in [0, 0.05) is 6.04 Å². The molecule has 0 aromatic heterocycles. The second kappa shape index (κ2) is 6.10. The summed E-state index contributed by atoms with van der Waals surface area (Å²) in [5, 5.41) is 3.17. The summed E-state index contributed by atoms with van der Waals surface area (Å²) < 4.78 is 30.9. The average molecular weight is 269 g/mol. The molecule has 5 heteroatoms. The Bertz CT molecular complexity index is 459. The summed E-state index contributed by atoms with van der Waals surface area (Å²) in [7, 11) is 1.28. The monoisotopic (exact) mass is 269 g/mol. The van der Waals surface area contributed by atoms with Crippen molar-refractivity contribution in [3.63, 3.8) is 0 Å². The Balaban J connectivity index is 2.20. The van der Waals surface area contributed by atoms with E-state index in [2.05, 4.69) is 5.32 Å². The highest BCUT2D eigenvalue weighted by molar-refractivity contribution is 5.77. The minimum Gasteiger partial charge on any atom is -0.468 e. The van der Waals surface area contributed by atoms with E-state index in [0.717, 1.165) is 37.8 Å². The molecule has 0 amide bonds. The zero-order chi connectivity index (χ0) is 13.8. The van der Waals surface area contributed by atoms with Crippen LogP contribution in [0.3, 0.4) is 0 Å². The molecule has 1 saturated carbocycles. The summed E-state index contributed by atoms with van der Waals surface area (Å²) in [6.07, 6.45) is 4.20. The average Bonchev–Trinajstić information content (AvgIpc) is 2.91. The van der Waals surface area contributed by atoms with Gasteiger partial charge in [0.2, 0.25) is 0 Å². The summed E-state index contributed by atoms with van der Waals surface area (Å²) in [5.41, 5.74) is 0.387. The maximum absolute atomic E-state index is 13.3. The zero-order valence-electron chi connectivity index (χ0n) is 10.8. The van der Waals surface area contributed by atoms with Crippen molar-refractivity contribution >= 4 is 5.97 Å². The van der Waals surface area contributed by atoms with Gasteiger partial charge in [-0.15, -0.1) is 0 Å². The van der Waals surface area contributed by atoms with Crippen LogP contribution in [-0.2, 0) is 9.53 Å². The van der Waals surface area contributed by atoms with Crippen LogP contribution < -0.4 is 5.32 Å². The van der Waals surface area contributed by atoms with Gasteiger partial charge in [0.1, 0.15) is 6.04 Å². The van der Waals surface area contributed by atoms with Gasteiger partial charge in [-0.05, 0) is 30.5 Å². The highest BCUT2D eigenvalue weighted by Crippen LogP contribution is 2.24. The number of esters is 1. The van der Waals surface area contributed by atoms with E-state index in [9.17, 15) is 13.6 Å². The number of nitrogens with one attached hydrogen (secondary N) is 1. The number of carbonyl (C=O) groups excluding carboxylic acids is 1. The van der Waals surface area contributed by atoms with Crippen LogP contribution in [-0.4, -0.2) is 19.1 Å². The lowest BCUT2D eigenvalue weighted by atomic mass is 10.0. The topological polar surface area (TPSA) is 38.3 Å². The van der Waals surface area contributed by atoms with Crippen LogP contribution in [0.5, 0.6) is 0 Å². The summed E-state index contributed by atoms with van der Waals surface area (Å²) >= 11 is 0. The van der Waals surface area contributed by atoms with Crippen molar-refractivity contribution in [1.29, 1.82) is 0 Å². The van der Waals surface area contributed by atoms with Crippen LogP contribution in [0.15, 0.2) is 18.2 Å². The molecular weight excluding hydrogens is 252 g/mol. The molecule has 0 bridgehead atoms. The highest BCUT2D eigenvalue weighted by atomic mass is 19.2. The van der Waals surface area contributed by atoms with E-state index in [0.29, 0.717) is 5.56 Å². The van der Waals surface area contributed by atoms with Crippen molar-refractivity contribution in [1.82, 2.24) is 5.32 Å². The van der Waals surface area contributed by atoms with Crippen molar-refractivity contribution < 1.29 is 18.3 Å². The van der Waals surface area contributed by atoms with E-state index in [4.69, 9.17) is 4.74 Å². The lowest BCUT2D eigenvalue weighted by Crippen LogP contribution is -2.36. The minimum atomic E-state index is -0.959. The number of hydrogen-bond donors (Lipinski definition) is 1. The number of methoxy groups -OCH3 is 1. The molecule has 19 heavy (non-hydrogen) atoms. The number of rotatable bonds is 4. The van der Waals surface area contributed by atoms with E-state index < -0.39 is 23.6 Å². The van der Waals surface area contributed by atoms with E-state index in [1.165, 1.54) is 13.2 Å². The second-order valence-electron chi connectivity index (χ2n) is 4.78. The predicted molar refractivity (Wildman–Crippen MR) is 66.5 cm³/mol. The third kappa shape index (κ3) is 3.29. The van der Waals surface area contributed by atoms with E-state index >= 15 is 0 Å². The number of benzene rings is 1. The largest absolute Gasteiger partial charge is 0.468 e. The minimum absolute atomic E-state index is 0.220. The van der Waals surface area contributed by atoms with Crippen LogP contribution in [0.25, 0.3) is 0 Å². The number of carbonyl (C=O) groups is 1. The Morgan fingerprint density at radius 3 is 2.58 bits per heavy atom. The molecule has 3 nitrogen and oxygen atoms in total. The molecule has 1 atom stereocenters. The molecule has 1 aliphatic rings. The molecular formula is C14H17F2NO2. The standard InChI is InChI=1S/C14H17F2NO2/c1-19-14(18)13(17-10-4-2-3-5-10)9-6-7-11(15)12(16)8-9/h6-8,10,13,17H,2-5H2,1H3. The fraction of sp³-hybridized carbons (Fsp3) is 0.500. The first-order valence-corrected chi connectivity index (χ1v) is 6.40. The number of halogens is 2. The molecule has 2 rings (SSSR count). The normalized spacial score (nSPS) is 17.4. The summed E-state index contributed by atoms with van der Waals surface area (Å²) in [6.45, 7) is 0. The maximum atomic E-state index is 13.3. The molecule has 1 aromatic carbocycles. The molecule has 1 unspecified atom stereocenters. The van der Waals surface area contributed by atoms with Crippen molar-refractivity contribution in [2.24, 2.45) is 0 Å². The molecule has 0 saturated heterocycles. The Morgan fingerprint density at radius 1 is 1.32 bits per heavy atom. The van der Waals surface area contributed by atoms with Crippen LogP contribution in [0.2, 0.25) is 0 Å². The summed E-state index contributed by atoms with van der Waals surface area (Å²) in [6, 6.07) is 2.94. The molecule has 1 fully saturated rings. The molecule has 0 spiro atoms. The first-order valence-electron chi connectivity index (χ1n) is 6.40. The van der Waals surface area contributed by atoms with Gasteiger partial charge >= 0.3 is 5.97 Å². The van der Waals surface area contributed by atoms with Crippen molar-refractivity contribution in [3.8, 4) is 0 Å². The first-order chi connectivity index (χ1) is 9.11. The Hall–Kier alpha value is -1.49. The lowest BCUT2D eigenvalue weighted by molar-refractivity contribution is -0.143. The third-order valence-corrected chi connectivity index (χ3v) is 3.47. The summed E-state index contributed by atoms with van der Waals surface area (Å²) in [4.78, 5) is 11.8. The molecule has 0 radical (unpaired) electrons. The molecule has 1 aromatic rings. The van der Waals surface area contributed by atoms with Crippen LogP contribution in [0.1, 0.15) is 37.3 Å². The molecule has 0 aliphatic heterocycles. The molecule has 104 valence electrons. The van der Waals surface area contributed by atoms with Crippen molar-refractivity contribution in [3.05, 3.63) is 35.4 Å². The SMILES string of the molecule is COC(=O)C(NC1CCCC1)c1ccc(F)c(F)c1. The van der Waals surface area contributed by atoms with Crippen molar-refractivity contribution in [2.75, 3.05) is 7.11 Å². The first kappa shape index (κ1) is 13.9. The molecule has 1 N–H and O–H groups in total. The van der Waals surface area contributed by atoms with Crippen LogP contribution >= 0.6 is 0 Å². The smallest absolute Gasteiger partial charge is 0.327 e. The van der Waals surface area contributed by atoms with Gasteiger partial charge in [-0.1, -0.05) is 18.9 Å². The fourth-order valence-corrected chi connectivity index (χ4v) is 2.44. The zero-order valence-corrected chi connectivity index (χ0v) is 10.8. The van der Waals surface area contributed by atoms with Gasteiger partial charge in [-0.2, -0.15) is 0 Å². The molecule has 1 aliphatic carbocycles. The van der Waals surface area contributed by atoms with Gasteiger partial charge in [-0.25, -0.2) is 13.6 Å². The van der Waals surface area contributed by atoms with E-state index in [1.807, 2.05) is 0 Å². The molecule has 0 heterocycles. The van der Waals surface area contributed by atoms with Gasteiger partial charge < -0.3 is 4.74 Å². The van der Waals surface area contributed by atoms with Gasteiger partial charge in [0.15, 0.2) is 11.6 Å². The Morgan fingerprint density at radius 2 is 2.00 bits per heavy atom. The Labute approximate surface area is 111 Å². The van der Waals surface area contributed by atoms with E-state index in [1.54, 1.807) is 0 Å². The lowest BCUT2D eigenvalue weighted by Gasteiger charge is -2.21. The van der Waals surface area contributed by atoms with E-state index in [-0.39, 0.29) is 6.04 Å². The van der Waals surface area contributed by atoms with Crippen molar-refractivity contribution in [2.45, 2.75) is 37.8 Å². The maximum Gasteiger partial charge on any atom is 0.327 e. The van der Waals surface area contributed by atoms with Gasteiger partial charge in [-0.3, -0.25) is 5.32 Å². The van der Waals surface area contributed by atoms with Crippen LogP contribution in [0, 0.1) is 11.6 Å². The quantitative estimate of drug-likeness (QED) is 0.854. The predicted octanol–water partition coefficient (Wildman–Crippen LogP) is 2.71. The van der Waals surface area contributed by atoms with Gasteiger partial charge in [0.25, 0.3) is 0 Å². The highest BCUT2D eigenvalue weighted by Gasteiger charge is 2.27. The number of hydrogen-bond acceptors (Lipinski definition) is 3.